The van der Waals surface area contributed by atoms with E-state index in [1.165, 1.54) is 0 Å². The average molecular weight is 494 g/mol. The van der Waals surface area contributed by atoms with E-state index in [4.69, 9.17) is 9.47 Å². The van der Waals surface area contributed by atoms with Gasteiger partial charge in [-0.2, -0.15) is 0 Å². The first kappa shape index (κ1) is 25.8. The zero-order chi connectivity index (χ0) is 25.9. The van der Waals surface area contributed by atoms with E-state index in [9.17, 15) is 9.90 Å². The number of carboxylic acids is 1. The second kappa shape index (κ2) is 10.8. The Kier molecular flexibility index (Phi) is 7.70. The number of rotatable bonds is 9. The number of fused-ring (bicyclic) bond motifs is 1. The molecule has 3 heterocycles. The molecule has 9 heteroatoms. The number of aliphatic carboxylic acids is 1. The van der Waals surface area contributed by atoms with E-state index in [1.807, 2.05) is 24.3 Å². The number of benzene rings is 1. The molecule has 0 radical (unpaired) electrons. The van der Waals surface area contributed by atoms with Crippen LogP contribution in [-0.4, -0.2) is 48.6 Å². The van der Waals surface area contributed by atoms with E-state index in [1.54, 1.807) is 38.0 Å². The van der Waals surface area contributed by atoms with E-state index in [2.05, 4.69) is 40.1 Å². The summed E-state index contributed by atoms with van der Waals surface area (Å²) in [5.74, 6) is -0.0788. The van der Waals surface area contributed by atoms with Crippen LogP contribution in [-0.2, 0) is 36.3 Å². The van der Waals surface area contributed by atoms with Gasteiger partial charge in [-0.3, -0.25) is 19.4 Å². The summed E-state index contributed by atoms with van der Waals surface area (Å²) in [5.41, 5.74) is 3.51. The number of nitrogens with zero attached hydrogens (tertiary/aromatic N) is 5. The third-order valence-electron chi connectivity index (χ3n) is 6.76. The first-order valence-electron chi connectivity index (χ1n) is 12.3. The molecular weight excluding hydrogens is 458 g/mol. The summed E-state index contributed by atoms with van der Waals surface area (Å²) in [7, 11) is 1.78. The van der Waals surface area contributed by atoms with E-state index < -0.39 is 17.5 Å². The normalized spacial score (nSPS) is 17.2. The fraction of sp³-hybridized carbons (Fsp3) is 0.481. The van der Waals surface area contributed by atoms with Gasteiger partial charge >= 0.3 is 5.97 Å². The van der Waals surface area contributed by atoms with Gasteiger partial charge in [0.1, 0.15) is 17.5 Å². The lowest BCUT2D eigenvalue weighted by Crippen LogP contribution is -2.34. The molecule has 1 N–H and O–H groups in total. The van der Waals surface area contributed by atoms with Crippen molar-refractivity contribution in [3.05, 3.63) is 70.8 Å². The third kappa shape index (κ3) is 5.74. The first-order chi connectivity index (χ1) is 17.2. The Morgan fingerprint density at radius 1 is 1.33 bits per heavy atom. The minimum Gasteiger partial charge on any atom is -0.487 e. The van der Waals surface area contributed by atoms with Crippen molar-refractivity contribution in [2.75, 3.05) is 6.54 Å². The van der Waals surface area contributed by atoms with Gasteiger partial charge in [0.15, 0.2) is 0 Å². The fourth-order valence-corrected chi connectivity index (χ4v) is 4.49. The zero-order valence-electron chi connectivity index (χ0n) is 21.6. The van der Waals surface area contributed by atoms with Crippen LogP contribution in [0.5, 0.6) is 5.75 Å². The topological polar surface area (TPSA) is 103 Å². The van der Waals surface area contributed by atoms with E-state index in [0.29, 0.717) is 18.8 Å². The van der Waals surface area contributed by atoms with Gasteiger partial charge in [0.05, 0.1) is 30.0 Å². The van der Waals surface area contributed by atoms with Crippen molar-refractivity contribution in [3.63, 3.8) is 0 Å². The molecule has 0 saturated heterocycles. The van der Waals surface area contributed by atoms with Crippen molar-refractivity contribution >= 4 is 5.97 Å². The molecule has 192 valence electrons. The number of carbonyl (C=O) groups is 1. The lowest BCUT2D eigenvalue weighted by molar-refractivity contribution is -0.158. The summed E-state index contributed by atoms with van der Waals surface area (Å²) in [4.78, 5) is 19.1. The van der Waals surface area contributed by atoms with Crippen molar-refractivity contribution in [2.45, 2.75) is 66.0 Å². The Bertz CT molecular complexity index is 1210. The molecule has 4 rings (SSSR count). The molecule has 1 aromatic carbocycles. The van der Waals surface area contributed by atoms with Crippen LogP contribution in [0.4, 0.5) is 0 Å². The van der Waals surface area contributed by atoms with Gasteiger partial charge in [0, 0.05) is 32.9 Å². The maximum Gasteiger partial charge on any atom is 0.312 e. The molecule has 0 unspecified atom stereocenters. The predicted molar refractivity (Wildman–Crippen MR) is 134 cm³/mol. The Morgan fingerprint density at radius 3 is 2.83 bits per heavy atom. The van der Waals surface area contributed by atoms with Crippen LogP contribution in [0.15, 0.2) is 42.7 Å². The number of ether oxygens (including phenoxy) is 2. The van der Waals surface area contributed by atoms with Crippen LogP contribution in [0.25, 0.3) is 0 Å². The monoisotopic (exact) mass is 493 g/mol. The lowest BCUT2D eigenvalue weighted by atomic mass is 9.81. The molecule has 3 aromatic rings. The van der Waals surface area contributed by atoms with E-state index >= 15 is 0 Å². The van der Waals surface area contributed by atoms with Gasteiger partial charge in [-0.25, -0.2) is 0 Å². The molecule has 9 nitrogen and oxygen atoms in total. The summed E-state index contributed by atoms with van der Waals surface area (Å²) >= 11 is 0. The van der Waals surface area contributed by atoms with Crippen LogP contribution in [0.1, 0.15) is 61.4 Å². The summed E-state index contributed by atoms with van der Waals surface area (Å²) < 4.78 is 14.0. The number of aromatic nitrogens is 4. The highest BCUT2D eigenvalue weighted by Crippen LogP contribution is 2.38. The molecule has 0 aliphatic carbocycles. The second-order valence-electron chi connectivity index (χ2n) is 10.1. The number of aryl methyl sites for hydroxylation is 2. The van der Waals surface area contributed by atoms with Crippen molar-refractivity contribution in [2.24, 2.45) is 12.5 Å². The van der Waals surface area contributed by atoms with E-state index in [0.717, 1.165) is 41.1 Å². The van der Waals surface area contributed by atoms with Crippen LogP contribution >= 0.6 is 0 Å². The van der Waals surface area contributed by atoms with Crippen LogP contribution in [0, 0.1) is 12.3 Å². The lowest BCUT2D eigenvalue weighted by Gasteiger charge is -2.31. The fourth-order valence-electron chi connectivity index (χ4n) is 4.49. The molecule has 0 saturated carbocycles. The Labute approximate surface area is 212 Å². The highest BCUT2D eigenvalue weighted by molar-refractivity contribution is 5.74. The molecule has 0 bridgehead atoms. The zero-order valence-corrected chi connectivity index (χ0v) is 21.6. The largest absolute Gasteiger partial charge is 0.487 e. The molecular formula is C27H35N5O4. The maximum atomic E-state index is 12.2. The number of hydrogen-bond donors (Lipinski definition) is 1. The van der Waals surface area contributed by atoms with Crippen molar-refractivity contribution in [1.29, 1.82) is 0 Å². The SMILES string of the molecule is CC[C@@H]1CN(Cc2cc([C@@H](OCc3cn(C)nn3)C(C)(C)C(=O)O)ccc2C)Cc2ncccc2O1. The number of carboxylic acid groups (broad SMARTS) is 1. The molecule has 0 fully saturated rings. The molecule has 36 heavy (non-hydrogen) atoms. The summed E-state index contributed by atoms with van der Waals surface area (Å²) in [5, 5.41) is 18.0. The van der Waals surface area contributed by atoms with Gasteiger partial charge in [0.25, 0.3) is 0 Å². The van der Waals surface area contributed by atoms with Crippen LogP contribution in [0.3, 0.4) is 0 Å². The maximum absolute atomic E-state index is 12.2. The van der Waals surface area contributed by atoms with Crippen molar-refractivity contribution < 1.29 is 19.4 Å². The number of pyridine rings is 1. The minimum absolute atomic E-state index is 0.0768. The molecule has 1 aliphatic heterocycles. The second-order valence-corrected chi connectivity index (χ2v) is 10.1. The van der Waals surface area contributed by atoms with Crippen LogP contribution in [0.2, 0.25) is 0 Å². The summed E-state index contributed by atoms with van der Waals surface area (Å²) in [6.45, 7) is 9.92. The van der Waals surface area contributed by atoms with Crippen LogP contribution < -0.4 is 4.74 Å². The Balaban J connectivity index is 1.61. The number of hydrogen-bond acceptors (Lipinski definition) is 7. The summed E-state index contributed by atoms with van der Waals surface area (Å²) in [6.07, 6.45) is 3.87. The quantitative estimate of drug-likeness (QED) is 0.476. The van der Waals surface area contributed by atoms with Crippen molar-refractivity contribution in [1.82, 2.24) is 24.9 Å². The molecule has 0 amide bonds. The molecule has 1 aliphatic rings. The Hall–Kier alpha value is -3.30. The first-order valence-corrected chi connectivity index (χ1v) is 12.3. The van der Waals surface area contributed by atoms with Gasteiger partial charge in [-0.1, -0.05) is 30.3 Å². The highest BCUT2D eigenvalue weighted by atomic mass is 16.5. The Morgan fingerprint density at radius 2 is 2.14 bits per heavy atom. The smallest absolute Gasteiger partial charge is 0.312 e. The predicted octanol–water partition coefficient (Wildman–Crippen LogP) is 4.06. The molecule has 2 atom stereocenters. The third-order valence-corrected chi connectivity index (χ3v) is 6.76. The van der Waals surface area contributed by atoms with Crippen molar-refractivity contribution in [3.8, 4) is 5.75 Å². The van der Waals surface area contributed by atoms with Gasteiger partial charge in [-0.05, 0) is 56.0 Å². The van der Waals surface area contributed by atoms with E-state index in [-0.39, 0.29) is 12.7 Å². The average Bonchev–Trinajstić information content (AvgIpc) is 3.16. The standard InChI is InChI=1S/C27H35N5O4/c1-6-22-15-32(16-23-24(36-22)8-7-11-28-23)13-20-12-19(10-9-18(20)2)25(27(3,4)26(33)34)35-17-21-14-31(5)30-29-21/h7-12,14,22,25H,6,13,15-17H2,1-5H3,(H,33,34)/t22-,25-/m1/s1. The highest BCUT2D eigenvalue weighted by Gasteiger charge is 2.39. The van der Waals surface area contributed by atoms with Gasteiger partial charge in [0.2, 0.25) is 0 Å². The van der Waals surface area contributed by atoms with Gasteiger partial charge in [-0.15, -0.1) is 5.10 Å². The molecule has 0 spiro atoms. The van der Waals surface area contributed by atoms with Gasteiger partial charge < -0.3 is 14.6 Å². The summed E-state index contributed by atoms with van der Waals surface area (Å²) in [6, 6.07) is 9.96. The molecule has 2 aromatic heterocycles. The minimum atomic E-state index is -1.15.